The van der Waals surface area contributed by atoms with Crippen molar-refractivity contribution < 1.29 is 4.79 Å². The molecule has 1 amide bonds. The molecule has 0 aliphatic heterocycles. The van der Waals surface area contributed by atoms with E-state index in [1.807, 2.05) is 13.8 Å². The van der Waals surface area contributed by atoms with Crippen molar-refractivity contribution in [3.05, 3.63) is 23.8 Å². The van der Waals surface area contributed by atoms with Crippen molar-refractivity contribution in [3.63, 3.8) is 0 Å². The van der Waals surface area contributed by atoms with E-state index >= 15 is 0 Å². The van der Waals surface area contributed by atoms with Gasteiger partial charge in [0.25, 0.3) is 0 Å². The van der Waals surface area contributed by atoms with Gasteiger partial charge >= 0.3 is 0 Å². The third kappa shape index (κ3) is 3.58. The smallest absolute Gasteiger partial charge is 0.224 e. The predicted octanol–water partition coefficient (Wildman–Crippen LogP) is 0.386. The molecule has 0 saturated heterocycles. The summed E-state index contributed by atoms with van der Waals surface area (Å²) >= 11 is 0. The zero-order chi connectivity index (χ0) is 12.0. The first kappa shape index (κ1) is 12.6. The molecule has 16 heavy (non-hydrogen) atoms. The number of nitrogens with two attached hydrogens (primary N) is 1. The average molecular weight is 222 g/mol. The molecule has 1 aromatic rings. The van der Waals surface area contributed by atoms with Gasteiger partial charge < -0.3 is 11.1 Å². The van der Waals surface area contributed by atoms with E-state index in [9.17, 15) is 4.79 Å². The first-order valence-corrected chi connectivity index (χ1v) is 5.42. The molecule has 0 aliphatic rings. The van der Waals surface area contributed by atoms with Crippen LogP contribution in [-0.2, 0) is 11.3 Å². The van der Waals surface area contributed by atoms with Gasteiger partial charge in [0.05, 0.1) is 24.1 Å². The van der Waals surface area contributed by atoms with E-state index in [1.54, 1.807) is 12.4 Å². The van der Waals surface area contributed by atoms with E-state index in [1.165, 1.54) is 0 Å². The number of aryl methyl sites for hydroxylation is 1. The highest BCUT2D eigenvalue weighted by Crippen LogP contribution is 2.00. The summed E-state index contributed by atoms with van der Waals surface area (Å²) in [6, 6.07) is 0. The van der Waals surface area contributed by atoms with E-state index in [-0.39, 0.29) is 11.8 Å². The Morgan fingerprint density at radius 2 is 2.25 bits per heavy atom. The minimum Gasteiger partial charge on any atom is -0.350 e. The molecule has 0 bridgehead atoms. The standard InChI is InChI=1S/C11H18N4O/c1-3-9(4-12)11(16)15-7-10-6-13-8(2)5-14-10/h5-6,9H,3-4,7,12H2,1-2H3,(H,15,16). The largest absolute Gasteiger partial charge is 0.350 e. The van der Waals surface area contributed by atoms with E-state index in [4.69, 9.17) is 5.73 Å². The molecule has 0 spiro atoms. The number of amides is 1. The minimum atomic E-state index is -0.113. The van der Waals surface area contributed by atoms with Crippen LogP contribution in [0.1, 0.15) is 24.7 Å². The van der Waals surface area contributed by atoms with Gasteiger partial charge in [0, 0.05) is 18.7 Å². The first-order valence-electron chi connectivity index (χ1n) is 5.42. The lowest BCUT2D eigenvalue weighted by molar-refractivity contribution is -0.124. The van der Waals surface area contributed by atoms with Crippen LogP contribution in [0.15, 0.2) is 12.4 Å². The van der Waals surface area contributed by atoms with Gasteiger partial charge in [0.1, 0.15) is 0 Å². The van der Waals surface area contributed by atoms with Crippen molar-refractivity contribution >= 4 is 5.91 Å². The Kier molecular flexibility index (Phi) is 4.85. The van der Waals surface area contributed by atoms with E-state index < -0.39 is 0 Å². The predicted molar refractivity (Wildman–Crippen MR) is 61.5 cm³/mol. The third-order valence-electron chi connectivity index (χ3n) is 2.43. The van der Waals surface area contributed by atoms with Crippen LogP contribution in [-0.4, -0.2) is 22.4 Å². The van der Waals surface area contributed by atoms with Gasteiger partial charge in [-0.05, 0) is 13.3 Å². The molecule has 0 aromatic carbocycles. The molecule has 5 heteroatoms. The summed E-state index contributed by atoms with van der Waals surface area (Å²) < 4.78 is 0. The molecule has 0 saturated carbocycles. The van der Waals surface area contributed by atoms with Crippen molar-refractivity contribution in [1.82, 2.24) is 15.3 Å². The Hall–Kier alpha value is -1.49. The molecule has 0 aliphatic carbocycles. The highest BCUT2D eigenvalue weighted by Gasteiger charge is 2.13. The lowest BCUT2D eigenvalue weighted by Gasteiger charge is -2.12. The first-order chi connectivity index (χ1) is 7.67. The number of aromatic nitrogens is 2. The molecule has 1 rings (SSSR count). The van der Waals surface area contributed by atoms with E-state index in [0.29, 0.717) is 13.1 Å². The maximum absolute atomic E-state index is 11.6. The van der Waals surface area contributed by atoms with Gasteiger partial charge in [-0.1, -0.05) is 6.92 Å². The lowest BCUT2D eigenvalue weighted by Crippen LogP contribution is -2.34. The number of rotatable bonds is 5. The van der Waals surface area contributed by atoms with Crippen LogP contribution in [0.2, 0.25) is 0 Å². The number of carbonyl (C=O) groups is 1. The maximum Gasteiger partial charge on any atom is 0.224 e. The number of hydrogen-bond acceptors (Lipinski definition) is 4. The Balaban J connectivity index is 2.45. The molecular weight excluding hydrogens is 204 g/mol. The molecule has 0 fully saturated rings. The van der Waals surface area contributed by atoms with Crippen LogP contribution in [0, 0.1) is 12.8 Å². The van der Waals surface area contributed by atoms with Gasteiger partial charge in [-0.3, -0.25) is 14.8 Å². The second-order valence-corrected chi connectivity index (χ2v) is 3.71. The van der Waals surface area contributed by atoms with Gasteiger partial charge in [0.15, 0.2) is 0 Å². The quantitative estimate of drug-likeness (QED) is 0.755. The normalized spacial score (nSPS) is 12.2. The zero-order valence-corrected chi connectivity index (χ0v) is 9.73. The third-order valence-corrected chi connectivity index (χ3v) is 2.43. The number of carbonyl (C=O) groups excluding carboxylic acids is 1. The summed E-state index contributed by atoms with van der Waals surface area (Å²) in [6.07, 6.45) is 4.10. The SMILES string of the molecule is CCC(CN)C(=O)NCc1cnc(C)cn1. The van der Waals surface area contributed by atoms with Gasteiger partial charge in [-0.15, -0.1) is 0 Å². The zero-order valence-electron chi connectivity index (χ0n) is 9.73. The van der Waals surface area contributed by atoms with Crippen LogP contribution in [0.5, 0.6) is 0 Å². The Labute approximate surface area is 95.5 Å². The summed E-state index contributed by atoms with van der Waals surface area (Å²) in [4.78, 5) is 19.9. The second kappa shape index (κ2) is 6.17. The second-order valence-electron chi connectivity index (χ2n) is 3.71. The highest BCUT2D eigenvalue weighted by molar-refractivity contribution is 5.78. The molecule has 1 heterocycles. The van der Waals surface area contributed by atoms with Gasteiger partial charge in [0.2, 0.25) is 5.91 Å². The molecule has 5 nitrogen and oxygen atoms in total. The van der Waals surface area contributed by atoms with Gasteiger partial charge in [-0.2, -0.15) is 0 Å². The number of hydrogen-bond donors (Lipinski definition) is 2. The van der Waals surface area contributed by atoms with Crippen molar-refractivity contribution in [1.29, 1.82) is 0 Å². The van der Waals surface area contributed by atoms with Crippen LogP contribution in [0.25, 0.3) is 0 Å². The fraction of sp³-hybridized carbons (Fsp3) is 0.545. The summed E-state index contributed by atoms with van der Waals surface area (Å²) in [6.45, 7) is 4.60. The van der Waals surface area contributed by atoms with Crippen LogP contribution in [0.3, 0.4) is 0 Å². The number of nitrogens with zero attached hydrogens (tertiary/aromatic N) is 2. The van der Waals surface area contributed by atoms with Crippen molar-refractivity contribution in [2.45, 2.75) is 26.8 Å². The average Bonchev–Trinajstić information content (AvgIpc) is 2.30. The number of nitrogens with one attached hydrogen (secondary N) is 1. The van der Waals surface area contributed by atoms with Crippen molar-refractivity contribution in [3.8, 4) is 0 Å². The topological polar surface area (TPSA) is 80.9 Å². The Morgan fingerprint density at radius 1 is 1.50 bits per heavy atom. The van der Waals surface area contributed by atoms with Crippen molar-refractivity contribution in [2.24, 2.45) is 11.7 Å². The van der Waals surface area contributed by atoms with E-state index in [2.05, 4.69) is 15.3 Å². The van der Waals surface area contributed by atoms with E-state index in [0.717, 1.165) is 17.8 Å². The molecule has 0 radical (unpaired) electrons. The molecule has 1 aromatic heterocycles. The maximum atomic E-state index is 11.6. The summed E-state index contributed by atoms with van der Waals surface area (Å²) in [5.41, 5.74) is 7.10. The summed E-state index contributed by atoms with van der Waals surface area (Å²) in [5.74, 6) is -0.134. The molecule has 88 valence electrons. The van der Waals surface area contributed by atoms with Gasteiger partial charge in [-0.25, -0.2) is 0 Å². The molecular formula is C11H18N4O. The van der Waals surface area contributed by atoms with Crippen molar-refractivity contribution in [2.75, 3.05) is 6.54 Å². The lowest BCUT2D eigenvalue weighted by atomic mass is 10.1. The molecule has 1 unspecified atom stereocenters. The molecule has 1 atom stereocenters. The van der Waals surface area contributed by atoms with Crippen LogP contribution in [0.4, 0.5) is 0 Å². The minimum absolute atomic E-state index is 0.0209. The molecule has 3 N–H and O–H groups in total. The van der Waals surface area contributed by atoms with Crippen LogP contribution >= 0.6 is 0 Å². The fourth-order valence-corrected chi connectivity index (χ4v) is 1.29. The summed E-state index contributed by atoms with van der Waals surface area (Å²) in [7, 11) is 0. The summed E-state index contributed by atoms with van der Waals surface area (Å²) in [5, 5.41) is 2.80. The monoisotopic (exact) mass is 222 g/mol. The highest BCUT2D eigenvalue weighted by atomic mass is 16.1. The van der Waals surface area contributed by atoms with Crippen LogP contribution < -0.4 is 11.1 Å². The fourth-order valence-electron chi connectivity index (χ4n) is 1.29. The Morgan fingerprint density at radius 3 is 2.75 bits per heavy atom. The Bertz CT molecular complexity index is 332.